The van der Waals surface area contributed by atoms with Crippen molar-refractivity contribution in [1.82, 2.24) is 4.98 Å². The lowest BCUT2D eigenvalue weighted by molar-refractivity contribution is -0.276. The second kappa shape index (κ2) is 4.52. The average Bonchev–Trinajstić information content (AvgIpc) is 2.11. The lowest BCUT2D eigenvalue weighted by Crippen LogP contribution is -2.18. The van der Waals surface area contributed by atoms with Crippen LogP contribution in [-0.4, -0.2) is 11.3 Å². The Balaban J connectivity index is 3.14. The highest BCUT2D eigenvalue weighted by Crippen LogP contribution is 2.33. The molecule has 0 saturated carbocycles. The molecule has 0 saturated heterocycles. The van der Waals surface area contributed by atoms with Gasteiger partial charge in [-0.05, 0) is 38.5 Å². The van der Waals surface area contributed by atoms with Crippen LogP contribution >= 0.6 is 38.5 Å². The molecule has 0 radical (unpaired) electrons. The number of alkyl halides is 3. The van der Waals surface area contributed by atoms with Crippen LogP contribution in [0, 0.1) is 14.9 Å². The number of pyridine rings is 1. The summed E-state index contributed by atoms with van der Waals surface area (Å²) < 4.78 is 39.6. The first-order valence-corrected chi connectivity index (χ1v) is 5.22. The van der Waals surface area contributed by atoms with E-state index in [2.05, 4.69) is 25.7 Å². The standard InChI is InChI=1S/C7HBrF3IN2O/c8-4-5(12)3(1-13)2-14-6(4)15-7(9,10)11/h2H. The van der Waals surface area contributed by atoms with E-state index in [-0.39, 0.29) is 10.0 Å². The number of hydrogen-bond acceptors (Lipinski definition) is 3. The Hall–Kier alpha value is -0.560. The highest BCUT2D eigenvalue weighted by atomic mass is 127. The van der Waals surface area contributed by atoms with Gasteiger partial charge in [0.05, 0.1) is 13.6 Å². The van der Waals surface area contributed by atoms with Gasteiger partial charge in [0, 0.05) is 6.20 Å². The molecule has 0 aliphatic carbocycles. The molecule has 15 heavy (non-hydrogen) atoms. The van der Waals surface area contributed by atoms with Gasteiger partial charge in [-0.15, -0.1) is 13.2 Å². The zero-order chi connectivity index (χ0) is 11.6. The Morgan fingerprint density at radius 1 is 1.53 bits per heavy atom. The van der Waals surface area contributed by atoms with Crippen LogP contribution < -0.4 is 4.74 Å². The smallest absolute Gasteiger partial charge is 0.387 e. The second-order valence-electron chi connectivity index (χ2n) is 2.26. The minimum Gasteiger partial charge on any atom is -0.387 e. The fourth-order valence-corrected chi connectivity index (χ4v) is 1.59. The van der Waals surface area contributed by atoms with E-state index < -0.39 is 12.2 Å². The van der Waals surface area contributed by atoms with Gasteiger partial charge in [-0.3, -0.25) is 0 Å². The number of nitrogens with zero attached hydrogens (tertiary/aromatic N) is 2. The first-order chi connectivity index (χ1) is 6.85. The first-order valence-electron chi connectivity index (χ1n) is 3.35. The molecule has 8 heteroatoms. The number of halogens is 5. The Morgan fingerprint density at radius 3 is 2.60 bits per heavy atom. The number of ether oxygens (including phenoxy) is 1. The molecule has 0 aliphatic rings. The third-order valence-electron chi connectivity index (χ3n) is 1.26. The van der Waals surface area contributed by atoms with E-state index in [4.69, 9.17) is 5.26 Å². The van der Waals surface area contributed by atoms with Crippen LogP contribution in [0.3, 0.4) is 0 Å². The second-order valence-corrected chi connectivity index (χ2v) is 4.14. The van der Waals surface area contributed by atoms with Crippen molar-refractivity contribution in [2.24, 2.45) is 0 Å². The molecule has 1 rings (SSSR count). The van der Waals surface area contributed by atoms with Crippen LogP contribution in [0.15, 0.2) is 10.7 Å². The highest BCUT2D eigenvalue weighted by molar-refractivity contribution is 14.1. The molecule has 1 aromatic rings. The monoisotopic (exact) mass is 392 g/mol. The maximum Gasteiger partial charge on any atom is 0.574 e. The maximum atomic E-state index is 11.9. The molecule has 1 heterocycles. The number of rotatable bonds is 1. The molecular weight excluding hydrogens is 392 g/mol. The molecule has 0 N–H and O–H groups in total. The third kappa shape index (κ3) is 3.20. The van der Waals surface area contributed by atoms with Gasteiger partial charge in [0.25, 0.3) is 0 Å². The number of nitriles is 1. The summed E-state index contributed by atoms with van der Waals surface area (Å²) in [6, 6.07) is 1.79. The van der Waals surface area contributed by atoms with Crippen LogP contribution in [0.25, 0.3) is 0 Å². The van der Waals surface area contributed by atoms with Crippen molar-refractivity contribution in [2.45, 2.75) is 6.36 Å². The third-order valence-corrected chi connectivity index (χ3v) is 3.86. The summed E-state index contributed by atoms with van der Waals surface area (Å²) in [7, 11) is 0. The SMILES string of the molecule is N#Cc1cnc(OC(F)(F)F)c(Br)c1I. The molecule has 80 valence electrons. The van der Waals surface area contributed by atoms with Crippen LogP contribution in [-0.2, 0) is 0 Å². The van der Waals surface area contributed by atoms with Crippen molar-refractivity contribution in [3.05, 3.63) is 19.8 Å². The summed E-state index contributed by atoms with van der Waals surface area (Å²) in [6.45, 7) is 0. The quantitative estimate of drug-likeness (QED) is 0.689. The lowest BCUT2D eigenvalue weighted by atomic mass is 10.3. The molecule has 0 fully saturated rings. The Morgan fingerprint density at radius 2 is 2.13 bits per heavy atom. The summed E-state index contributed by atoms with van der Waals surface area (Å²) in [5.41, 5.74) is 0.178. The van der Waals surface area contributed by atoms with Crippen LogP contribution in [0.2, 0.25) is 0 Å². The molecule has 3 nitrogen and oxygen atoms in total. The zero-order valence-corrected chi connectivity index (χ0v) is 10.5. The van der Waals surface area contributed by atoms with E-state index in [1.807, 2.05) is 0 Å². The average molecular weight is 393 g/mol. The molecule has 0 aromatic carbocycles. The molecule has 0 aliphatic heterocycles. The summed E-state index contributed by atoms with van der Waals surface area (Å²) in [4.78, 5) is 3.38. The fourth-order valence-electron chi connectivity index (χ4n) is 0.707. The van der Waals surface area contributed by atoms with Gasteiger partial charge in [0.2, 0.25) is 5.88 Å². The molecule has 0 atom stereocenters. The first kappa shape index (κ1) is 12.5. The van der Waals surface area contributed by atoms with E-state index in [0.29, 0.717) is 3.57 Å². The maximum absolute atomic E-state index is 11.9. The summed E-state index contributed by atoms with van der Waals surface area (Å²) >= 11 is 4.60. The predicted octanol–water partition coefficient (Wildman–Crippen LogP) is 3.22. The van der Waals surface area contributed by atoms with Crippen LogP contribution in [0.4, 0.5) is 13.2 Å². The summed E-state index contributed by atoms with van der Waals surface area (Å²) in [5, 5.41) is 8.59. The molecule has 0 unspecified atom stereocenters. The molecule has 0 bridgehead atoms. The largest absolute Gasteiger partial charge is 0.574 e. The zero-order valence-electron chi connectivity index (χ0n) is 6.77. The molecular formula is C7HBrF3IN2O. The van der Waals surface area contributed by atoms with Crippen molar-refractivity contribution in [3.63, 3.8) is 0 Å². The van der Waals surface area contributed by atoms with E-state index in [0.717, 1.165) is 6.20 Å². The van der Waals surface area contributed by atoms with Crippen molar-refractivity contribution in [2.75, 3.05) is 0 Å². The van der Waals surface area contributed by atoms with Crippen molar-refractivity contribution < 1.29 is 17.9 Å². The number of aromatic nitrogens is 1. The van der Waals surface area contributed by atoms with Crippen LogP contribution in [0.5, 0.6) is 5.88 Å². The Bertz CT molecular complexity index is 429. The highest BCUT2D eigenvalue weighted by Gasteiger charge is 2.33. The van der Waals surface area contributed by atoms with E-state index >= 15 is 0 Å². The van der Waals surface area contributed by atoms with Crippen LogP contribution in [0.1, 0.15) is 5.56 Å². The minimum absolute atomic E-state index is 0.0134. The van der Waals surface area contributed by atoms with Gasteiger partial charge in [0.15, 0.2) is 0 Å². The van der Waals surface area contributed by atoms with E-state index in [1.54, 1.807) is 28.7 Å². The van der Waals surface area contributed by atoms with E-state index in [1.165, 1.54) is 0 Å². The summed E-state index contributed by atoms with van der Waals surface area (Å²) in [6.07, 6.45) is -3.78. The topological polar surface area (TPSA) is 45.9 Å². The Labute approximate surface area is 105 Å². The van der Waals surface area contributed by atoms with E-state index in [9.17, 15) is 13.2 Å². The molecule has 1 aromatic heterocycles. The van der Waals surface area contributed by atoms with Gasteiger partial charge in [-0.2, -0.15) is 5.26 Å². The van der Waals surface area contributed by atoms with Gasteiger partial charge in [-0.25, -0.2) is 4.98 Å². The fraction of sp³-hybridized carbons (Fsp3) is 0.143. The molecule has 0 amide bonds. The van der Waals surface area contributed by atoms with Crippen molar-refractivity contribution >= 4 is 38.5 Å². The van der Waals surface area contributed by atoms with Crippen molar-refractivity contribution in [3.8, 4) is 11.9 Å². The van der Waals surface area contributed by atoms with Gasteiger partial charge in [0.1, 0.15) is 6.07 Å². The van der Waals surface area contributed by atoms with Gasteiger partial charge >= 0.3 is 6.36 Å². The van der Waals surface area contributed by atoms with Gasteiger partial charge in [-0.1, -0.05) is 0 Å². The Kier molecular flexibility index (Phi) is 3.77. The number of hydrogen-bond donors (Lipinski definition) is 0. The van der Waals surface area contributed by atoms with Gasteiger partial charge < -0.3 is 4.74 Å². The lowest BCUT2D eigenvalue weighted by Gasteiger charge is -2.10. The predicted molar refractivity (Wildman–Crippen MR) is 56.1 cm³/mol. The minimum atomic E-state index is -4.80. The van der Waals surface area contributed by atoms with Crippen molar-refractivity contribution in [1.29, 1.82) is 5.26 Å². The summed E-state index contributed by atoms with van der Waals surface area (Å²) in [5.74, 6) is -0.606. The normalized spacial score (nSPS) is 10.9. The molecule has 0 spiro atoms.